The second-order valence-electron chi connectivity index (χ2n) is 8.48. The lowest BCUT2D eigenvalue weighted by atomic mass is 9.88. The van der Waals surface area contributed by atoms with Crippen molar-refractivity contribution in [3.8, 4) is 5.75 Å². The molecule has 2 amide bonds. The van der Waals surface area contributed by atoms with Crippen LogP contribution in [0.3, 0.4) is 0 Å². The molecule has 3 rings (SSSR count). The number of hydrogen-bond donors (Lipinski definition) is 0. The van der Waals surface area contributed by atoms with Gasteiger partial charge in [0.2, 0.25) is 0 Å². The molecule has 1 aliphatic rings. The monoisotopic (exact) mass is 409 g/mol. The molecule has 5 nitrogen and oxygen atoms in total. The van der Waals surface area contributed by atoms with Crippen LogP contribution >= 0.6 is 0 Å². The maximum absolute atomic E-state index is 13.4. The van der Waals surface area contributed by atoms with Crippen molar-refractivity contribution >= 4 is 17.6 Å². The van der Waals surface area contributed by atoms with Gasteiger partial charge in [0.25, 0.3) is 11.8 Å². The van der Waals surface area contributed by atoms with Gasteiger partial charge in [0, 0.05) is 17.6 Å². The van der Waals surface area contributed by atoms with E-state index in [2.05, 4.69) is 0 Å². The van der Waals surface area contributed by atoms with Crippen LogP contribution in [0.1, 0.15) is 58.3 Å². The van der Waals surface area contributed by atoms with Gasteiger partial charge in [-0.3, -0.25) is 19.3 Å². The van der Waals surface area contributed by atoms with E-state index < -0.39 is 11.8 Å². The van der Waals surface area contributed by atoms with Crippen molar-refractivity contribution in [2.24, 2.45) is 5.41 Å². The van der Waals surface area contributed by atoms with Gasteiger partial charge in [-0.1, -0.05) is 32.9 Å². The number of hydrogen-bond acceptors (Lipinski definition) is 4. The SMILES string of the molecule is CC(C)(C)CC(=O)c1ccc(OC/C(=C/F)CN2C(=O)c3ccccc3C2=O)cc1. The number of imide groups is 1. The van der Waals surface area contributed by atoms with Crippen molar-refractivity contribution in [2.45, 2.75) is 27.2 Å². The maximum Gasteiger partial charge on any atom is 0.261 e. The van der Waals surface area contributed by atoms with Gasteiger partial charge in [-0.05, 0) is 41.8 Å². The summed E-state index contributed by atoms with van der Waals surface area (Å²) in [5.74, 6) is -0.388. The number of carbonyl (C=O) groups excluding carboxylic acids is 3. The first-order chi connectivity index (χ1) is 14.2. The molecule has 0 fully saturated rings. The topological polar surface area (TPSA) is 63.7 Å². The van der Waals surface area contributed by atoms with Gasteiger partial charge in [0.05, 0.1) is 24.0 Å². The van der Waals surface area contributed by atoms with Crippen LogP contribution in [0.4, 0.5) is 4.39 Å². The first-order valence-corrected chi connectivity index (χ1v) is 9.69. The fourth-order valence-corrected chi connectivity index (χ4v) is 3.19. The van der Waals surface area contributed by atoms with E-state index in [1.54, 1.807) is 48.5 Å². The van der Waals surface area contributed by atoms with Gasteiger partial charge in [0.1, 0.15) is 12.4 Å². The largest absolute Gasteiger partial charge is 0.489 e. The molecule has 0 N–H and O–H groups in total. The lowest BCUT2D eigenvalue weighted by Gasteiger charge is -2.17. The molecule has 0 saturated carbocycles. The Balaban J connectivity index is 1.60. The zero-order valence-electron chi connectivity index (χ0n) is 17.3. The van der Waals surface area contributed by atoms with Gasteiger partial charge < -0.3 is 4.74 Å². The molecule has 2 aromatic carbocycles. The number of amides is 2. The normalized spacial score (nSPS) is 14.1. The lowest BCUT2D eigenvalue weighted by Crippen LogP contribution is -2.32. The molecule has 30 heavy (non-hydrogen) atoms. The van der Waals surface area contributed by atoms with Crippen molar-refractivity contribution in [1.82, 2.24) is 4.90 Å². The van der Waals surface area contributed by atoms with Crippen LogP contribution in [0.15, 0.2) is 60.4 Å². The van der Waals surface area contributed by atoms with Gasteiger partial charge in [-0.2, -0.15) is 0 Å². The number of ketones is 1. The van der Waals surface area contributed by atoms with Crippen LogP contribution < -0.4 is 4.74 Å². The molecular formula is C24H24FNO4. The van der Waals surface area contributed by atoms with E-state index in [1.807, 2.05) is 20.8 Å². The second-order valence-corrected chi connectivity index (χ2v) is 8.48. The third-order valence-corrected chi connectivity index (χ3v) is 4.69. The van der Waals surface area contributed by atoms with E-state index in [9.17, 15) is 18.8 Å². The Labute approximate surface area is 175 Å². The standard InChI is InChI=1S/C24H24FNO4/c1-24(2,3)12-21(27)17-8-10-18(11-9-17)30-15-16(13-25)14-26-22(28)19-6-4-5-7-20(19)23(26)29/h4-11,13H,12,14-15H2,1-3H3/b16-13+. The highest BCUT2D eigenvalue weighted by Crippen LogP contribution is 2.25. The molecule has 6 heteroatoms. The highest BCUT2D eigenvalue weighted by molar-refractivity contribution is 6.21. The molecular weight excluding hydrogens is 385 g/mol. The molecule has 2 aromatic rings. The minimum atomic E-state index is -0.448. The second kappa shape index (κ2) is 8.61. The van der Waals surface area contributed by atoms with Gasteiger partial charge in [0.15, 0.2) is 5.78 Å². The Kier molecular flexibility index (Phi) is 6.15. The zero-order valence-corrected chi connectivity index (χ0v) is 17.3. The molecule has 0 radical (unpaired) electrons. The first kappa shape index (κ1) is 21.4. The molecule has 156 valence electrons. The Bertz CT molecular complexity index is 968. The number of fused-ring (bicyclic) bond motifs is 1. The average molecular weight is 409 g/mol. The zero-order chi connectivity index (χ0) is 21.9. The van der Waals surface area contributed by atoms with Crippen LogP contribution in [0, 0.1) is 5.41 Å². The fraction of sp³-hybridized carbons (Fsp3) is 0.292. The Morgan fingerprint density at radius 3 is 2.07 bits per heavy atom. The minimum absolute atomic E-state index is 0.0454. The molecule has 0 unspecified atom stereocenters. The summed E-state index contributed by atoms with van der Waals surface area (Å²) in [4.78, 5) is 38.1. The maximum atomic E-state index is 13.4. The van der Waals surface area contributed by atoms with Crippen LogP contribution in [-0.2, 0) is 0 Å². The van der Waals surface area contributed by atoms with E-state index in [0.717, 1.165) is 4.90 Å². The van der Waals surface area contributed by atoms with E-state index in [-0.39, 0.29) is 29.9 Å². The number of Topliss-reactive ketones (excluding diaryl/α,β-unsaturated/α-hetero) is 1. The number of carbonyl (C=O) groups is 3. The van der Waals surface area contributed by atoms with Crippen molar-refractivity contribution in [1.29, 1.82) is 0 Å². The lowest BCUT2D eigenvalue weighted by molar-refractivity contribution is 0.0664. The average Bonchev–Trinajstić information content (AvgIpc) is 2.95. The summed E-state index contributed by atoms with van der Waals surface area (Å²) in [6.07, 6.45) is 0.785. The van der Waals surface area contributed by atoms with Crippen molar-refractivity contribution in [3.05, 3.63) is 77.1 Å². The minimum Gasteiger partial charge on any atom is -0.489 e. The van der Waals surface area contributed by atoms with E-state index in [4.69, 9.17) is 4.74 Å². The number of ether oxygens (including phenoxy) is 1. The molecule has 1 heterocycles. The van der Waals surface area contributed by atoms with Crippen LogP contribution in [-0.4, -0.2) is 35.6 Å². The molecule has 0 aliphatic carbocycles. The molecule has 0 saturated heterocycles. The summed E-state index contributed by atoms with van der Waals surface area (Å²) in [5, 5.41) is 0. The summed E-state index contributed by atoms with van der Waals surface area (Å²) in [5.41, 5.74) is 1.27. The van der Waals surface area contributed by atoms with Crippen LogP contribution in [0.5, 0.6) is 5.75 Å². The number of halogens is 1. The number of rotatable bonds is 7. The fourth-order valence-electron chi connectivity index (χ4n) is 3.19. The molecule has 0 aromatic heterocycles. The summed E-state index contributed by atoms with van der Waals surface area (Å²) in [6.45, 7) is 5.69. The third-order valence-electron chi connectivity index (χ3n) is 4.69. The molecule has 0 atom stereocenters. The quantitative estimate of drug-likeness (QED) is 0.485. The summed E-state index contributed by atoms with van der Waals surface area (Å²) in [6, 6.07) is 13.2. The van der Waals surface area contributed by atoms with E-state index in [1.165, 1.54) is 0 Å². The van der Waals surface area contributed by atoms with E-state index >= 15 is 0 Å². The Hall–Kier alpha value is -3.28. The summed E-state index contributed by atoms with van der Waals surface area (Å²) >= 11 is 0. The van der Waals surface area contributed by atoms with Crippen molar-refractivity contribution < 1.29 is 23.5 Å². The number of nitrogens with zero attached hydrogens (tertiary/aromatic N) is 1. The van der Waals surface area contributed by atoms with Crippen molar-refractivity contribution in [2.75, 3.05) is 13.2 Å². The predicted octanol–water partition coefficient (Wildman–Crippen LogP) is 4.83. The number of benzene rings is 2. The van der Waals surface area contributed by atoms with Crippen LogP contribution in [0.2, 0.25) is 0 Å². The Morgan fingerprint density at radius 2 is 1.57 bits per heavy atom. The third kappa shape index (κ3) is 4.82. The molecule has 0 bridgehead atoms. The smallest absolute Gasteiger partial charge is 0.261 e. The van der Waals surface area contributed by atoms with Gasteiger partial charge in [-0.25, -0.2) is 4.39 Å². The van der Waals surface area contributed by atoms with Crippen LogP contribution in [0.25, 0.3) is 0 Å². The van der Waals surface area contributed by atoms with Crippen molar-refractivity contribution in [3.63, 3.8) is 0 Å². The summed E-state index contributed by atoms with van der Waals surface area (Å²) < 4.78 is 19.0. The van der Waals surface area contributed by atoms with E-state index in [0.29, 0.717) is 35.2 Å². The molecule has 0 spiro atoms. The highest BCUT2D eigenvalue weighted by atomic mass is 19.1. The highest BCUT2D eigenvalue weighted by Gasteiger charge is 2.35. The molecule has 1 aliphatic heterocycles. The summed E-state index contributed by atoms with van der Waals surface area (Å²) in [7, 11) is 0. The van der Waals surface area contributed by atoms with Gasteiger partial charge in [-0.15, -0.1) is 0 Å². The Morgan fingerprint density at radius 1 is 1.00 bits per heavy atom. The first-order valence-electron chi connectivity index (χ1n) is 9.69. The predicted molar refractivity (Wildman–Crippen MR) is 111 cm³/mol. The van der Waals surface area contributed by atoms with Gasteiger partial charge >= 0.3 is 0 Å².